The molecule has 0 aromatic rings. The van der Waals surface area contributed by atoms with E-state index in [9.17, 15) is 0 Å². The number of allylic oxidation sites excluding steroid dienone is 1. The minimum atomic E-state index is -0.149. The van der Waals surface area contributed by atoms with Gasteiger partial charge in [-0.1, -0.05) is 26.0 Å². The van der Waals surface area contributed by atoms with E-state index in [1.807, 2.05) is 19.9 Å². The molecule has 0 heterocycles. The van der Waals surface area contributed by atoms with Crippen molar-refractivity contribution in [3.63, 3.8) is 0 Å². The van der Waals surface area contributed by atoms with Gasteiger partial charge in [-0.2, -0.15) is 0 Å². The zero-order valence-corrected chi connectivity index (χ0v) is 6.81. The number of hydrogen-bond donors (Lipinski definition) is 1. The fraction of sp³-hybridized carbons (Fsp3) is 0.750. The highest BCUT2D eigenvalue weighted by Gasteiger charge is 2.03. The van der Waals surface area contributed by atoms with E-state index < -0.39 is 0 Å². The molecule has 0 bridgehead atoms. The molecule has 0 unspecified atom stereocenters. The summed E-state index contributed by atoms with van der Waals surface area (Å²) in [7, 11) is 0. The van der Waals surface area contributed by atoms with Crippen LogP contribution in [0.25, 0.3) is 0 Å². The van der Waals surface area contributed by atoms with Gasteiger partial charge in [0.25, 0.3) is 0 Å². The molecule has 0 radical (unpaired) electrons. The van der Waals surface area contributed by atoms with Crippen LogP contribution in [0, 0.1) is 5.92 Å². The molecular weight excluding hydrogens is 110 g/mol. The van der Waals surface area contributed by atoms with Crippen LogP contribution in [0.5, 0.6) is 0 Å². The van der Waals surface area contributed by atoms with Crippen molar-refractivity contribution in [2.24, 2.45) is 11.7 Å². The third-order valence-electron chi connectivity index (χ3n) is 0.911. The lowest BCUT2D eigenvalue weighted by atomic mass is 10.0. The lowest BCUT2D eigenvalue weighted by Crippen LogP contribution is -2.28. The average Bonchev–Trinajstić information content (AvgIpc) is 1.59. The Labute approximate surface area is 57.9 Å². The first-order chi connectivity index (χ1) is 3.92. The van der Waals surface area contributed by atoms with Crippen LogP contribution >= 0.6 is 0 Å². The Bertz CT molecular complexity index is 95.6. The lowest BCUT2D eigenvalue weighted by Gasteiger charge is -2.12. The number of nitrogens with two attached hydrogens (primary N) is 1. The van der Waals surface area contributed by atoms with Crippen LogP contribution < -0.4 is 5.73 Å². The van der Waals surface area contributed by atoms with Crippen molar-refractivity contribution < 1.29 is 0 Å². The van der Waals surface area contributed by atoms with E-state index in [2.05, 4.69) is 19.9 Å². The van der Waals surface area contributed by atoms with Gasteiger partial charge in [0.2, 0.25) is 0 Å². The molecule has 1 heteroatoms. The van der Waals surface area contributed by atoms with Crippen LogP contribution in [0.1, 0.15) is 27.7 Å². The summed E-state index contributed by atoms with van der Waals surface area (Å²) in [6, 6.07) is 0. The van der Waals surface area contributed by atoms with E-state index in [1.165, 1.54) is 0 Å². The molecule has 0 saturated heterocycles. The predicted molar refractivity (Wildman–Crippen MR) is 42.2 cm³/mol. The quantitative estimate of drug-likeness (QED) is 0.564. The Balaban J connectivity index is 3.71. The zero-order chi connectivity index (χ0) is 7.49. The van der Waals surface area contributed by atoms with Gasteiger partial charge in [0.1, 0.15) is 0 Å². The van der Waals surface area contributed by atoms with Gasteiger partial charge in [-0.05, 0) is 19.8 Å². The molecule has 1 nitrogen and oxygen atoms in total. The largest absolute Gasteiger partial charge is 0.322 e. The Morgan fingerprint density at radius 2 is 1.78 bits per heavy atom. The molecule has 0 saturated carbocycles. The SMILES string of the molecule is CC(C)C=CC(C)(C)N. The van der Waals surface area contributed by atoms with E-state index in [4.69, 9.17) is 5.73 Å². The molecule has 0 fully saturated rings. The highest BCUT2D eigenvalue weighted by molar-refractivity contribution is 4.99. The van der Waals surface area contributed by atoms with Gasteiger partial charge < -0.3 is 5.73 Å². The molecule has 0 aliphatic carbocycles. The molecule has 0 aromatic heterocycles. The number of rotatable bonds is 2. The second kappa shape index (κ2) is 3.02. The molecule has 0 amide bonds. The summed E-state index contributed by atoms with van der Waals surface area (Å²) >= 11 is 0. The molecule has 9 heavy (non-hydrogen) atoms. The Morgan fingerprint density at radius 1 is 1.33 bits per heavy atom. The summed E-state index contributed by atoms with van der Waals surface area (Å²) in [4.78, 5) is 0. The summed E-state index contributed by atoms with van der Waals surface area (Å²) in [6.07, 6.45) is 4.16. The fourth-order valence-corrected chi connectivity index (χ4v) is 0.440. The van der Waals surface area contributed by atoms with Crippen molar-refractivity contribution >= 4 is 0 Å². The first-order valence-corrected chi connectivity index (χ1v) is 3.40. The summed E-state index contributed by atoms with van der Waals surface area (Å²) in [5.41, 5.74) is 5.55. The smallest absolute Gasteiger partial charge is 0.0281 e. The van der Waals surface area contributed by atoms with Crippen molar-refractivity contribution in [1.29, 1.82) is 0 Å². The third-order valence-corrected chi connectivity index (χ3v) is 0.911. The fourth-order valence-electron chi connectivity index (χ4n) is 0.440. The summed E-state index contributed by atoms with van der Waals surface area (Å²) in [5, 5.41) is 0. The highest BCUT2D eigenvalue weighted by Crippen LogP contribution is 2.02. The van der Waals surface area contributed by atoms with Gasteiger partial charge in [0.15, 0.2) is 0 Å². The Kier molecular flexibility index (Phi) is 2.92. The van der Waals surface area contributed by atoms with Crippen LogP contribution in [-0.4, -0.2) is 5.54 Å². The van der Waals surface area contributed by atoms with Crippen molar-refractivity contribution in [2.75, 3.05) is 0 Å². The van der Waals surface area contributed by atoms with Crippen LogP contribution in [-0.2, 0) is 0 Å². The van der Waals surface area contributed by atoms with E-state index in [1.54, 1.807) is 0 Å². The van der Waals surface area contributed by atoms with Gasteiger partial charge in [0.05, 0.1) is 0 Å². The highest BCUT2D eigenvalue weighted by atomic mass is 14.7. The second-order valence-electron chi connectivity index (χ2n) is 3.42. The Hall–Kier alpha value is -0.300. The molecule has 0 atom stereocenters. The lowest BCUT2D eigenvalue weighted by molar-refractivity contribution is 0.644. The standard InChI is InChI=1S/C8H17N/c1-7(2)5-6-8(3,4)9/h5-7H,9H2,1-4H3. The van der Waals surface area contributed by atoms with Gasteiger partial charge in [-0.25, -0.2) is 0 Å². The molecule has 0 spiro atoms. The van der Waals surface area contributed by atoms with Gasteiger partial charge in [-0.3, -0.25) is 0 Å². The maximum absolute atomic E-state index is 5.70. The number of hydrogen-bond acceptors (Lipinski definition) is 1. The Morgan fingerprint density at radius 3 is 1.89 bits per heavy atom. The average molecular weight is 127 g/mol. The molecule has 54 valence electrons. The van der Waals surface area contributed by atoms with Gasteiger partial charge >= 0.3 is 0 Å². The van der Waals surface area contributed by atoms with Crippen LogP contribution in [0.15, 0.2) is 12.2 Å². The van der Waals surface area contributed by atoms with Gasteiger partial charge in [-0.15, -0.1) is 0 Å². The van der Waals surface area contributed by atoms with Crippen molar-refractivity contribution in [3.8, 4) is 0 Å². The van der Waals surface area contributed by atoms with Gasteiger partial charge in [0, 0.05) is 5.54 Å². The minimum absolute atomic E-state index is 0.149. The summed E-state index contributed by atoms with van der Waals surface area (Å²) < 4.78 is 0. The van der Waals surface area contributed by atoms with E-state index >= 15 is 0 Å². The first-order valence-electron chi connectivity index (χ1n) is 3.40. The molecule has 0 aliphatic rings. The maximum atomic E-state index is 5.70. The van der Waals surface area contributed by atoms with Crippen molar-refractivity contribution in [2.45, 2.75) is 33.2 Å². The summed E-state index contributed by atoms with van der Waals surface area (Å²) in [5.74, 6) is 0.604. The monoisotopic (exact) mass is 127 g/mol. The molecule has 0 aromatic carbocycles. The van der Waals surface area contributed by atoms with Crippen LogP contribution in [0.4, 0.5) is 0 Å². The van der Waals surface area contributed by atoms with Crippen molar-refractivity contribution in [1.82, 2.24) is 0 Å². The third kappa shape index (κ3) is 7.70. The van der Waals surface area contributed by atoms with Crippen LogP contribution in [0.2, 0.25) is 0 Å². The zero-order valence-electron chi connectivity index (χ0n) is 6.81. The minimum Gasteiger partial charge on any atom is -0.322 e. The molecule has 0 rings (SSSR count). The van der Waals surface area contributed by atoms with E-state index in [0.29, 0.717) is 5.92 Å². The van der Waals surface area contributed by atoms with Crippen LogP contribution in [0.3, 0.4) is 0 Å². The molecule has 0 aliphatic heterocycles. The van der Waals surface area contributed by atoms with E-state index in [-0.39, 0.29) is 5.54 Å². The predicted octanol–water partition coefficient (Wildman–Crippen LogP) is 1.94. The second-order valence-corrected chi connectivity index (χ2v) is 3.42. The summed E-state index contributed by atoms with van der Waals surface area (Å²) in [6.45, 7) is 8.27. The molecular formula is C8H17N. The first kappa shape index (κ1) is 8.70. The normalized spacial score (nSPS) is 13.6. The topological polar surface area (TPSA) is 26.0 Å². The molecule has 2 N–H and O–H groups in total. The maximum Gasteiger partial charge on any atom is 0.0281 e. The van der Waals surface area contributed by atoms with Crippen molar-refractivity contribution in [3.05, 3.63) is 12.2 Å². The van der Waals surface area contributed by atoms with E-state index in [0.717, 1.165) is 0 Å².